The summed E-state index contributed by atoms with van der Waals surface area (Å²) in [7, 11) is 0. The SMILES string of the molecule is CCC1CCNC(C(O)c2cc(C)nc3ccccc23)C1. The Morgan fingerprint density at radius 3 is 3.00 bits per heavy atom. The summed E-state index contributed by atoms with van der Waals surface area (Å²) in [5.41, 5.74) is 2.94. The highest BCUT2D eigenvalue weighted by Gasteiger charge is 2.28. The van der Waals surface area contributed by atoms with Gasteiger partial charge in [-0.3, -0.25) is 4.98 Å². The van der Waals surface area contributed by atoms with Crippen molar-refractivity contribution in [2.24, 2.45) is 5.92 Å². The molecule has 21 heavy (non-hydrogen) atoms. The second kappa shape index (κ2) is 6.12. The van der Waals surface area contributed by atoms with Gasteiger partial charge in [0.15, 0.2) is 0 Å². The van der Waals surface area contributed by atoms with Crippen molar-refractivity contribution < 1.29 is 5.11 Å². The number of piperidine rings is 1. The van der Waals surface area contributed by atoms with E-state index in [1.165, 1.54) is 12.8 Å². The molecule has 1 aromatic heterocycles. The number of fused-ring (bicyclic) bond motifs is 1. The van der Waals surface area contributed by atoms with Crippen LogP contribution in [0.2, 0.25) is 0 Å². The number of aliphatic hydroxyl groups excluding tert-OH is 1. The van der Waals surface area contributed by atoms with Gasteiger partial charge in [-0.05, 0) is 49.9 Å². The van der Waals surface area contributed by atoms with Crippen molar-refractivity contribution in [3.63, 3.8) is 0 Å². The van der Waals surface area contributed by atoms with Crippen molar-refractivity contribution in [2.75, 3.05) is 6.54 Å². The minimum Gasteiger partial charge on any atom is -0.387 e. The van der Waals surface area contributed by atoms with E-state index in [0.29, 0.717) is 0 Å². The Morgan fingerprint density at radius 2 is 2.19 bits per heavy atom. The highest BCUT2D eigenvalue weighted by Crippen LogP contribution is 2.31. The first-order valence-corrected chi connectivity index (χ1v) is 7.96. The third kappa shape index (κ3) is 2.94. The lowest BCUT2D eigenvalue weighted by Gasteiger charge is -2.33. The Labute approximate surface area is 126 Å². The van der Waals surface area contributed by atoms with E-state index in [4.69, 9.17) is 0 Å². The van der Waals surface area contributed by atoms with Crippen LogP contribution in [0.5, 0.6) is 0 Å². The molecule has 0 saturated carbocycles. The van der Waals surface area contributed by atoms with Crippen molar-refractivity contribution in [1.29, 1.82) is 0 Å². The summed E-state index contributed by atoms with van der Waals surface area (Å²) in [5, 5.41) is 15.5. The number of aryl methyl sites for hydroxylation is 1. The molecule has 2 heterocycles. The standard InChI is InChI=1S/C18H24N2O/c1-3-13-8-9-19-17(11-13)18(21)15-10-12(2)20-16-7-5-4-6-14(15)16/h4-7,10,13,17-19,21H,3,8-9,11H2,1-2H3. The van der Waals surface area contributed by atoms with E-state index < -0.39 is 6.10 Å². The molecule has 1 aromatic carbocycles. The third-order valence-electron chi connectivity index (χ3n) is 4.70. The molecule has 3 nitrogen and oxygen atoms in total. The number of hydrogen-bond donors (Lipinski definition) is 2. The van der Waals surface area contributed by atoms with Gasteiger partial charge in [0, 0.05) is 17.1 Å². The number of aromatic nitrogens is 1. The van der Waals surface area contributed by atoms with E-state index >= 15 is 0 Å². The second-order valence-corrected chi connectivity index (χ2v) is 6.17. The zero-order valence-electron chi connectivity index (χ0n) is 12.8. The molecule has 0 bridgehead atoms. The first kappa shape index (κ1) is 14.5. The fourth-order valence-corrected chi connectivity index (χ4v) is 3.45. The Balaban J connectivity index is 1.95. The maximum absolute atomic E-state index is 10.9. The predicted molar refractivity (Wildman–Crippen MR) is 86.2 cm³/mol. The zero-order chi connectivity index (χ0) is 14.8. The van der Waals surface area contributed by atoms with Crippen LogP contribution < -0.4 is 5.32 Å². The molecule has 0 amide bonds. The summed E-state index contributed by atoms with van der Waals surface area (Å²) in [4.78, 5) is 4.56. The quantitative estimate of drug-likeness (QED) is 0.908. The fourth-order valence-electron chi connectivity index (χ4n) is 3.45. The van der Waals surface area contributed by atoms with Gasteiger partial charge in [-0.2, -0.15) is 0 Å². The number of benzene rings is 1. The van der Waals surface area contributed by atoms with Crippen LogP contribution in [0.1, 0.15) is 43.5 Å². The van der Waals surface area contributed by atoms with Crippen LogP contribution >= 0.6 is 0 Å². The minimum atomic E-state index is -0.467. The second-order valence-electron chi connectivity index (χ2n) is 6.17. The van der Waals surface area contributed by atoms with Crippen molar-refractivity contribution in [3.05, 3.63) is 41.6 Å². The van der Waals surface area contributed by atoms with Gasteiger partial charge in [-0.15, -0.1) is 0 Å². The third-order valence-corrected chi connectivity index (χ3v) is 4.70. The van der Waals surface area contributed by atoms with Crippen molar-refractivity contribution in [3.8, 4) is 0 Å². The van der Waals surface area contributed by atoms with Gasteiger partial charge in [0.25, 0.3) is 0 Å². The maximum Gasteiger partial charge on any atom is 0.0950 e. The highest BCUT2D eigenvalue weighted by molar-refractivity contribution is 5.82. The van der Waals surface area contributed by atoms with Crippen LogP contribution in [-0.2, 0) is 0 Å². The van der Waals surface area contributed by atoms with Crippen LogP contribution in [0, 0.1) is 12.8 Å². The first-order valence-electron chi connectivity index (χ1n) is 7.96. The molecule has 0 aliphatic carbocycles. The molecule has 3 rings (SSSR count). The smallest absolute Gasteiger partial charge is 0.0950 e. The molecule has 1 aliphatic heterocycles. The maximum atomic E-state index is 10.9. The molecule has 1 saturated heterocycles. The van der Waals surface area contributed by atoms with Crippen LogP contribution in [0.25, 0.3) is 10.9 Å². The number of para-hydroxylation sites is 1. The number of aliphatic hydroxyl groups is 1. The molecule has 3 unspecified atom stereocenters. The van der Waals surface area contributed by atoms with Crippen LogP contribution in [0.15, 0.2) is 30.3 Å². The summed E-state index contributed by atoms with van der Waals surface area (Å²) in [6, 6.07) is 10.3. The van der Waals surface area contributed by atoms with Crippen LogP contribution in [-0.4, -0.2) is 22.7 Å². The summed E-state index contributed by atoms with van der Waals surface area (Å²) in [5.74, 6) is 0.722. The topological polar surface area (TPSA) is 45.1 Å². The summed E-state index contributed by atoms with van der Waals surface area (Å²) in [6.45, 7) is 5.24. The lowest BCUT2D eigenvalue weighted by molar-refractivity contribution is 0.0989. The molecule has 3 atom stereocenters. The highest BCUT2D eigenvalue weighted by atomic mass is 16.3. The number of nitrogens with one attached hydrogen (secondary N) is 1. The lowest BCUT2D eigenvalue weighted by atomic mass is 9.85. The molecule has 0 radical (unpaired) electrons. The Morgan fingerprint density at radius 1 is 1.38 bits per heavy atom. The number of pyridine rings is 1. The Bertz CT molecular complexity index is 626. The zero-order valence-corrected chi connectivity index (χ0v) is 12.8. The van der Waals surface area contributed by atoms with E-state index in [1.807, 2.05) is 31.2 Å². The van der Waals surface area contributed by atoms with Gasteiger partial charge in [0.2, 0.25) is 0 Å². The largest absolute Gasteiger partial charge is 0.387 e. The van der Waals surface area contributed by atoms with Crippen LogP contribution in [0.3, 0.4) is 0 Å². The summed E-state index contributed by atoms with van der Waals surface area (Å²) < 4.78 is 0. The van der Waals surface area contributed by atoms with E-state index in [9.17, 15) is 5.11 Å². The molecule has 2 aromatic rings. The molecule has 2 N–H and O–H groups in total. The predicted octanol–water partition coefficient (Wildman–Crippen LogP) is 3.35. The molecule has 112 valence electrons. The fraction of sp³-hybridized carbons (Fsp3) is 0.500. The Kier molecular flexibility index (Phi) is 4.22. The molecule has 3 heteroatoms. The van der Waals surface area contributed by atoms with E-state index in [2.05, 4.69) is 23.3 Å². The number of hydrogen-bond acceptors (Lipinski definition) is 3. The van der Waals surface area contributed by atoms with E-state index in [0.717, 1.165) is 41.0 Å². The molecule has 0 spiro atoms. The van der Waals surface area contributed by atoms with Crippen molar-refractivity contribution in [2.45, 2.75) is 45.3 Å². The molecular weight excluding hydrogens is 260 g/mol. The van der Waals surface area contributed by atoms with Gasteiger partial charge >= 0.3 is 0 Å². The number of rotatable bonds is 3. The minimum absolute atomic E-state index is 0.147. The van der Waals surface area contributed by atoms with Crippen molar-refractivity contribution >= 4 is 10.9 Å². The lowest BCUT2D eigenvalue weighted by Crippen LogP contribution is -2.42. The molecule has 1 aliphatic rings. The average Bonchev–Trinajstić information content (AvgIpc) is 2.53. The van der Waals surface area contributed by atoms with Crippen molar-refractivity contribution in [1.82, 2.24) is 10.3 Å². The van der Waals surface area contributed by atoms with Gasteiger partial charge in [0.05, 0.1) is 11.6 Å². The van der Waals surface area contributed by atoms with Gasteiger partial charge < -0.3 is 10.4 Å². The summed E-state index contributed by atoms with van der Waals surface area (Å²) >= 11 is 0. The van der Waals surface area contributed by atoms with Gasteiger partial charge in [-0.25, -0.2) is 0 Å². The van der Waals surface area contributed by atoms with Gasteiger partial charge in [0.1, 0.15) is 0 Å². The average molecular weight is 284 g/mol. The monoisotopic (exact) mass is 284 g/mol. The summed E-state index contributed by atoms with van der Waals surface area (Å²) in [6.07, 6.45) is 3.00. The number of nitrogens with zero attached hydrogens (tertiary/aromatic N) is 1. The molecule has 1 fully saturated rings. The molecular formula is C18H24N2O. The van der Waals surface area contributed by atoms with Crippen LogP contribution in [0.4, 0.5) is 0 Å². The Hall–Kier alpha value is -1.45. The van der Waals surface area contributed by atoms with Gasteiger partial charge in [-0.1, -0.05) is 31.5 Å². The normalized spacial score (nSPS) is 24.1. The van der Waals surface area contributed by atoms with E-state index in [1.54, 1.807) is 0 Å². The van der Waals surface area contributed by atoms with E-state index in [-0.39, 0.29) is 6.04 Å². The first-order chi connectivity index (χ1) is 10.2.